The second-order valence-electron chi connectivity index (χ2n) is 4.41. The van der Waals surface area contributed by atoms with Gasteiger partial charge < -0.3 is 0 Å². The Balaban J connectivity index is 1.99. The van der Waals surface area contributed by atoms with Gasteiger partial charge in [0.2, 0.25) is 0 Å². The molecule has 0 aliphatic rings. The molecule has 1 aromatic heterocycles. The van der Waals surface area contributed by atoms with Crippen LogP contribution in [0.25, 0.3) is 10.2 Å². The molecule has 22 heavy (non-hydrogen) atoms. The van der Waals surface area contributed by atoms with Crippen molar-refractivity contribution in [2.24, 2.45) is 0 Å². The third kappa shape index (κ3) is 2.68. The molecule has 0 radical (unpaired) electrons. The number of para-hydroxylation sites is 1. The maximum Gasteiger partial charge on any atom is 0.376 e. The maximum absolute atomic E-state index is 10.6. The Morgan fingerprint density at radius 3 is 2.55 bits per heavy atom. The van der Waals surface area contributed by atoms with Crippen molar-refractivity contribution < 1.29 is 9.50 Å². The monoisotopic (exact) mass is 309 g/mol. The number of nitro groups is 1. The first-order chi connectivity index (χ1) is 10.7. The fourth-order valence-electron chi connectivity index (χ4n) is 1.92. The molecule has 0 aliphatic heterocycles. The van der Waals surface area contributed by atoms with E-state index in [9.17, 15) is 15.4 Å². The van der Waals surface area contributed by atoms with Gasteiger partial charge in [-0.1, -0.05) is 28.5 Å². The average molecular weight is 309 g/mol. The van der Waals surface area contributed by atoms with Gasteiger partial charge in [0, 0.05) is 23.0 Å². The zero-order valence-corrected chi connectivity index (χ0v) is 12.0. The van der Waals surface area contributed by atoms with Gasteiger partial charge in [-0.2, -0.15) is 0 Å². The van der Waals surface area contributed by atoms with Crippen LogP contribution < -0.4 is 0 Å². The van der Waals surface area contributed by atoms with E-state index in [4.69, 9.17) is 0 Å². The van der Waals surface area contributed by atoms with E-state index in [1.165, 1.54) is 28.0 Å². The Hall–Kier alpha value is -3.11. The van der Waals surface area contributed by atoms with Gasteiger partial charge >= 0.3 is 11.3 Å². The standard InChI is InChI=1S/C15H9N4O2S/c16-10-18(9-11-5-7-12(8-6-11)19(20)21)15-17-13-3-1-2-4-14(13)22-15/h1-9H/q+1/b18-9-. The first-order valence-corrected chi connectivity index (χ1v) is 7.13. The zero-order valence-electron chi connectivity index (χ0n) is 11.2. The number of rotatable bonds is 3. The fraction of sp³-hybridized carbons (Fsp3) is 0. The first kappa shape index (κ1) is 13.9. The van der Waals surface area contributed by atoms with E-state index in [-0.39, 0.29) is 5.69 Å². The highest BCUT2D eigenvalue weighted by atomic mass is 32.1. The number of thiazole rings is 1. The molecule has 3 aromatic rings. The topological polar surface area (TPSA) is 82.8 Å². The largest absolute Gasteiger partial charge is 0.376 e. The summed E-state index contributed by atoms with van der Waals surface area (Å²) in [6, 6.07) is 13.6. The van der Waals surface area contributed by atoms with Crippen LogP contribution in [0.3, 0.4) is 0 Å². The molecule has 0 unspecified atom stereocenters. The lowest BCUT2D eigenvalue weighted by molar-refractivity contribution is -0.384. The number of nitrogens with zero attached hydrogens (tertiary/aromatic N) is 4. The minimum absolute atomic E-state index is 0.0145. The van der Waals surface area contributed by atoms with Crippen molar-refractivity contribution >= 4 is 38.6 Å². The molecule has 1 heterocycles. The van der Waals surface area contributed by atoms with Crippen LogP contribution in [-0.2, 0) is 0 Å². The van der Waals surface area contributed by atoms with Gasteiger partial charge in [-0.15, -0.1) is 4.58 Å². The number of benzene rings is 2. The molecular weight excluding hydrogens is 300 g/mol. The van der Waals surface area contributed by atoms with Crippen LogP contribution in [0.2, 0.25) is 0 Å². The maximum atomic E-state index is 10.6. The van der Waals surface area contributed by atoms with E-state index >= 15 is 0 Å². The molecular formula is C15H9N4O2S+. The van der Waals surface area contributed by atoms with Crippen LogP contribution >= 0.6 is 11.3 Å². The summed E-state index contributed by atoms with van der Waals surface area (Å²) >= 11 is 1.41. The highest BCUT2D eigenvalue weighted by molar-refractivity contribution is 7.21. The number of aromatic nitrogens is 1. The van der Waals surface area contributed by atoms with Crippen molar-refractivity contribution in [3.8, 4) is 6.19 Å². The lowest BCUT2D eigenvalue weighted by atomic mass is 10.2. The summed E-state index contributed by atoms with van der Waals surface area (Å²) in [5.41, 5.74) is 1.53. The van der Waals surface area contributed by atoms with Crippen LogP contribution in [0.4, 0.5) is 10.8 Å². The molecule has 0 amide bonds. The summed E-state index contributed by atoms with van der Waals surface area (Å²) in [6.07, 6.45) is 3.66. The first-order valence-electron chi connectivity index (χ1n) is 6.31. The summed E-state index contributed by atoms with van der Waals surface area (Å²) in [6.45, 7) is 0. The fourth-order valence-corrected chi connectivity index (χ4v) is 2.82. The SMILES string of the molecule is N#C/[N+](=C/c1ccc([N+](=O)[O-])cc1)c1nc2ccccc2s1. The number of hydrogen-bond acceptors (Lipinski definition) is 5. The molecule has 0 N–H and O–H groups in total. The quantitative estimate of drug-likeness (QED) is 0.185. The predicted octanol–water partition coefficient (Wildman–Crippen LogP) is 3.45. The summed E-state index contributed by atoms with van der Waals surface area (Å²) in [4.78, 5) is 14.6. The normalized spacial score (nSPS) is 11.3. The van der Waals surface area contributed by atoms with E-state index in [0.717, 1.165) is 10.2 Å². The summed E-state index contributed by atoms with van der Waals surface area (Å²) in [7, 11) is 0. The third-order valence-electron chi connectivity index (χ3n) is 2.98. The molecule has 0 aliphatic carbocycles. The van der Waals surface area contributed by atoms with Crippen LogP contribution in [0.1, 0.15) is 5.56 Å². The number of non-ortho nitro benzene ring substituents is 1. The van der Waals surface area contributed by atoms with Gasteiger partial charge in [-0.3, -0.25) is 10.1 Å². The van der Waals surface area contributed by atoms with Gasteiger partial charge in [-0.25, -0.2) is 0 Å². The molecule has 7 heteroatoms. The third-order valence-corrected chi connectivity index (χ3v) is 4.01. The highest BCUT2D eigenvalue weighted by Gasteiger charge is 2.14. The number of hydrogen-bond donors (Lipinski definition) is 0. The molecule has 0 atom stereocenters. The minimum atomic E-state index is -0.459. The lowest BCUT2D eigenvalue weighted by Crippen LogP contribution is -2.00. The molecule has 6 nitrogen and oxygen atoms in total. The highest BCUT2D eigenvalue weighted by Crippen LogP contribution is 2.27. The molecule has 0 bridgehead atoms. The van der Waals surface area contributed by atoms with Crippen molar-refractivity contribution in [1.29, 1.82) is 5.26 Å². The van der Waals surface area contributed by atoms with Crippen LogP contribution in [0.5, 0.6) is 0 Å². The Bertz CT molecular complexity index is 890. The molecule has 2 aromatic carbocycles. The van der Waals surface area contributed by atoms with E-state index < -0.39 is 4.92 Å². The summed E-state index contributed by atoms with van der Waals surface area (Å²) < 4.78 is 2.35. The molecule has 106 valence electrons. The summed E-state index contributed by atoms with van der Waals surface area (Å²) in [5.74, 6) is 0. The Morgan fingerprint density at radius 1 is 1.18 bits per heavy atom. The lowest BCUT2D eigenvalue weighted by Gasteiger charge is -1.94. The molecule has 0 saturated carbocycles. The Morgan fingerprint density at radius 2 is 1.91 bits per heavy atom. The van der Waals surface area contributed by atoms with E-state index in [1.807, 2.05) is 24.3 Å². The van der Waals surface area contributed by atoms with Gasteiger partial charge in [0.1, 0.15) is 0 Å². The number of nitriles is 1. The predicted molar refractivity (Wildman–Crippen MR) is 83.4 cm³/mol. The second kappa shape index (κ2) is 5.71. The van der Waals surface area contributed by atoms with Gasteiger partial charge in [0.15, 0.2) is 5.52 Å². The molecule has 0 spiro atoms. The zero-order chi connectivity index (χ0) is 15.5. The van der Waals surface area contributed by atoms with Crippen LogP contribution in [0.15, 0.2) is 48.5 Å². The molecule has 0 fully saturated rings. The van der Waals surface area contributed by atoms with Gasteiger partial charge in [-0.05, 0) is 24.3 Å². The van der Waals surface area contributed by atoms with E-state index in [2.05, 4.69) is 11.2 Å². The van der Waals surface area contributed by atoms with E-state index in [0.29, 0.717) is 10.7 Å². The average Bonchev–Trinajstić information content (AvgIpc) is 2.96. The van der Waals surface area contributed by atoms with Crippen LogP contribution in [0, 0.1) is 21.6 Å². The summed E-state index contributed by atoms with van der Waals surface area (Å²) in [5, 5.41) is 20.5. The number of fused-ring (bicyclic) bond motifs is 1. The Labute approximate surface area is 129 Å². The number of nitro benzene ring substituents is 1. The van der Waals surface area contributed by atoms with Crippen LogP contribution in [-0.4, -0.2) is 20.7 Å². The van der Waals surface area contributed by atoms with Crippen molar-refractivity contribution in [2.75, 3.05) is 0 Å². The van der Waals surface area contributed by atoms with Crippen molar-refractivity contribution in [1.82, 2.24) is 4.98 Å². The van der Waals surface area contributed by atoms with Gasteiger partial charge in [0.25, 0.3) is 5.69 Å². The van der Waals surface area contributed by atoms with Crippen molar-refractivity contribution in [2.45, 2.75) is 0 Å². The minimum Gasteiger partial charge on any atom is -0.258 e. The van der Waals surface area contributed by atoms with Gasteiger partial charge in [0.05, 0.1) is 15.8 Å². The van der Waals surface area contributed by atoms with E-state index in [1.54, 1.807) is 18.3 Å². The second-order valence-corrected chi connectivity index (χ2v) is 5.42. The molecule has 0 saturated heterocycles. The molecule has 3 rings (SSSR count). The Kier molecular flexibility index (Phi) is 3.60. The van der Waals surface area contributed by atoms with Crippen molar-refractivity contribution in [3.63, 3.8) is 0 Å². The van der Waals surface area contributed by atoms with Crippen molar-refractivity contribution in [3.05, 3.63) is 64.2 Å². The smallest absolute Gasteiger partial charge is 0.258 e.